The van der Waals surface area contributed by atoms with Crippen LogP contribution in [0, 0.1) is 0 Å². The van der Waals surface area contributed by atoms with E-state index in [1.807, 2.05) is 0 Å². The third kappa shape index (κ3) is 2.46. The highest BCUT2D eigenvalue weighted by Crippen LogP contribution is 2.26. The first-order valence-electron chi connectivity index (χ1n) is 5.75. The van der Waals surface area contributed by atoms with Crippen molar-refractivity contribution in [2.75, 3.05) is 6.54 Å². The fraction of sp³-hybridized carbons (Fsp3) is 0.818. The number of fused-ring (bicyclic) bond motifs is 1. The standard InChI is InChI=1S/C11H18F2N4/c1-10(2,3)16-5-6-17-8(7-16)14-9(15-17)11(4,12)13/h5-7H2,1-4H3. The molecule has 0 bridgehead atoms. The van der Waals surface area contributed by atoms with Gasteiger partial charge in [-0.05, 0) is 20.8 Å². The monoisotopic (exact) mass is 244 g/mol. The molecule has 17 heavy (non-hydrogen) atoms. The van der Waals surface area contributed by atoms with Gasteiger partial charge in [-0.15, -0.1) is 5.10 Å². The minimum atomic E-state index is -2.96. The Hall–Kier alpha value is -1.04. The fourth-order valence-electron chi connectivity index (χ4n) is 1.89. The highest BCUT2D eigenvalue weighted by atomic mass is 19.3. The van der Waals surface area contributed by atoms with E-state index in [1.54, 1.807) is 4.68 Å². The number of hydrogen-bond acceptors (Lipinski definition) is 3. The zero-order chi connectivity index (χ0) is 12.8. The van der Waals surface area contributed by atoms with Crippen LogP contribution in [0.1, 0.15) is 39.3 Å². The normalized spacial score (nSPS) is 18.2. The van der Waals surface area contributed by atoms with Crippen molar-refractivity contribution in [1.82, 2.24) is 19.7 Å². The van der Waals surface area contributed by atoms with Gasteiger partial charge in [-0.2, -0.15) is 8.78 Å². The first-order valence-corrected chi connectivity index (χ1v) is 5.75. The molecule has 0 atom stereocenters. The van der Waals surface area contributed by atoms with Gasteiger partial charge in [0.05, 0.1) is 13.1 Å². The Kier molecular flexibility index (Phi) is 2.72. The number of aromatic nitrogens is 3. The second-order valence-electron chi connectivity index (χ2n) is 5.56. The molecular formula is C11H18F2N4. The lowest BCUT2D eigenvalue weighted by atomic mass is 10.1. The van der Waals surface area contributed by atoms with Crippen molar-refractivity contribution in [3.05, 3.63) is 11.6 Å². The van der Waals surface area contributed by atoms with Gasteiger partial charge in [-0.25, -0.2) is 9.67 Å². The highest BCUT2D eigenvalue weighted by molar-refractivity contribution is 5.01. The second kappa shape index (κ2) is 3.73. The smallest absolute Gasteiger partial charge is 0.289 e. The molecule has 0 aliphatic carbocycles. The van der Waals surface area contributed by atoms with Gasteiger partial charge in [0, 0.05) is 19.0 Å². The van der Waals surface area contributed by atoms with Crippen molar-refractivity contribution >= 4 is 0 Å². The van der Waals surface area contributed by atoms with Gasteiger partial charge in [0.2, 0.25) is 5.82 Å². The van der Waals surface area contributed by atoms with Crippen LogP contribution in [0.25, 0.3) is 0 Å². The van der Waals surface area contributed by atoms with Crippen LogP contribution in [0.15, 0.2) is 0 Å². The van der Waals surface area contributed by atoms with E-state index < -0.39 is 5.92 Å². The molecule has 0 saturated carbocycles. The lowest BCUT2D eigenvalue weighted by Gasteiger charge is -2.37. The number of nitrogens with zero attached hydrogens (tertiary/aromatic N) is 4. The van der Waals surface area contributed by atoms with Crippen LogP contribution in [0.3, 0.4) is 0 Å². The molecular weight excluding hydrogens is 226 g/mol. The second-order valence-corrected chi connectivity index (χ2v) is 5.56. The van der Waals surface area contributed by atoms with E-state index in [4.69, 9.17) is 0 Å². The van der Waals surface area contributed by atoms with Crippen LogP contribution in [0.2, 0.25) is 0 Å². The molecule has 0 spiro atoms. The summed E-state index contributed by atoms with van der Waals surface area (Å²) in [6.07, 6.45) is 0. The zero-order valence-corrected chi connectivity index (χ0v) is 10.7. The molecule has 0 aromatic carbocycles. The third-order valence-electron chi connectivity index (χ3n) is 3.00. The minimum absolute atomic E-state index is 0.0199. The Morgan fingerprint density at radius 2 is 1.76 bits per heavy atom. The largest absolute Gasteiger partial charge is 0.305 e. The fourth-order valence-corrected chi connectivity index (χ4v) is 1.89. The summed E-state index contributed by atoms with van der Waals surface area (Å²) in [6, 6.07) is 0. The Balaban J connectivity index is 2.25. The summed E-state index contributed by atoms with van der Waals surface area (Å²) in [4.78, 5) is 6.16. The molecule has 0 fully saturated rings. The van der Waals surface area contributed by atoms with Crippen LogP contribution >= 0.6 is 0 Å². The summed E-state index contributed by atoms with van der Waals surface area (Å²) in [5.74, 6) is -2.71. The van der Waals surface area contributed by atoms with Crippen molar-refractivity contribution in [3.63, 3.8) is 0 Å². The molecule has 0 radical (unpaired) electrons. The molecule has 0 unspecified atom stereocenters. The number of alkyl halides is 2. The van der Waals surface area contributed by atoms with Crippen molar-refractivity contribution in [2.45, 2.75) is 52.2 Å². The maximum absolute atomic E-state index is 13.1. The Morgan fingerprint density at radius 3 is 2.29 bits per heavy atom. The van der Waals surface area contributed by atoms with E-state index >= 15 is 0 Å². The number of rotatable bonds is 1. The summed E-state index contributed by atoms with van der Waals surface area (Å²) >= 11 is 0. The summed E-state index contributed by atoms with van der Waals surface area (Å²) < 4.78 is 27.8. The van der Waals surface area contributed by atoms with Crippen LogP contribution in [0.4, 0.5) is 8.78 Å². The molecule has 0 N–H and O–H groups in total. The maximum atomic E-state index is 13.1. The first kappa shape index (κ1) is 12.4. The summed E-state index contributed by atoms with van der Waals surface area (Å²) in [5.41, 5.74) is 0.0199. The topological polar surface area (TPSA) is 34.0 Å². The van der Waals surface area contributed by atoms with Gasteiger partial charge in [-0.1, -0.05) is 0 Å². The predicted molar refractivity (Wildman–Crippen MR) is 59.8 cm³/mol. The van der Waals surface area contributed by atoms with E-state index in [-0.39, 0.29) is 11.4 Å². The summed E-state index contributed by atoms with van der Waals surface area (Å²) in [7, 11) is 0. The molecule has 4 nitrogen and oxygen atoms in total. The molecule has 96 valence electrons. The van der Waals surface area contributed by atoms with Gasteiger partial charge >= 0.3 is 5.92 Å². The third-order valence-corrected chi connectivity index (χ3v) is 3.00. The molecule has 1 aromatic rings. The summed E-state index contributed by atoms with van der Waals surface area (Å²) in [5, 5.41) is 3.87. The van der Waals surface area contributed by atoms with E-state index in [9.17, 15) is 8.78 Å². The molecule has 1 aromatic heterocycles. The lowest BCUT2D eigenvalue weighted by Crippen LogP contribution is -2.46. The molecule has 0 amide bonds. The lowest BCUT2D eigenvalue weighted by molar-refractivity contribution is 0.00754. The minimum Gasteiger partial charge on any atom is -0.289 e. The van der Waals surface area contributed by atoms with Crippen molar-refractivity contribution < 1.29 is 8.78 Å². The average Bonchev–Trinajstić information content (AvgIpc) is 2.57. The van der Waals surface area contributed by atoms with Crippen LogP contribution < -0.4 is 0 Å². The number of hydrogen-bond donors (Lipinski definition) is 0. The SMILES string of the molecule is CC(F)(F)c1nc2n(n1)CCN(C(C)(C)C)C2. The molecule has 2 heterocycles. The van der Waals surface area contributed by atoms with Crippen molar-refractivity contribution in [1.29, 1.82) is 0 Å². The number of halogens is 2. The van der Waals surface area contributed by atoms with E-state index in [2.05, 4.69) is 35.8 Å². The van der Waals surface area contributed by atoms with Crippen molar-refractivity contribution in [2.24, 2.45) is 0 Å². The van der Waals surface area contributed by atoms with E-state index in [1.165, 1.54) is 0 Å². The van der Waals surface area contributed by atoms with E-state index in [0.29, 0.717) is 18.9 Å². The predicted octanol–water partition coefficient (Wildman–Crippen LogP) is 2.00. The first-order chi connectivity index (χ1) is 7.68. The van der Waals surface area contributed by atoms with E-state index in [0.717, 1.165) is 13.5 Å². The van der Waals surface area contributed by atoms with Crippen LogP contribution in [-0.4, -0.2) is 31.7 Å². The Labute approximate surface area is 99.6 Å². The summed E-state index contributed by atoms with van der Waals surface area (Å²) in [6.45, 7) is 9.16. The Bertz CT molecular complexity index is 414. The Morgan fingerprint density at radius 1 is 1.12 bits per heavy atom. The molecule has 2 rings (SSSR count). The molecule has 1 aliphatic rings. The van der Waals surface area contributed by atoms with Crippen molar-refractivity contribution in [3.8, 4) is 0 Å². The quantitative estimate of drug-likeness (QED) is 0.757. The van der Waals surface area contributed by atoms with Gasteiger partial charge in [0.15, 0.2) is 0 Å². The van der Waals surface area contributed by atoms with Gasteiger partial charge in [0.1, 0.15) is 5.82 Å². The average molecular weight is 244 g/mol. The van der Waals surface area contributed by atoms with Gasteiger partial charge < -0.3 is 0 Å². The van der Waals surface area contributed by atoms with Crippen LogP contribution in [-0.2, 0) is 19.0 Å². The van der Waals surface area contributed by atoms with Crippen LogP contribution in [0.5, 0.6) is 0 Å². The maximum Gasteiger partial charge on any atom is 0.305 e. The highest BCUT2D eigenvalue weighted by Gasteiger charge is 2.34. The molecule has 0 saturated heterocycles. The van der Waals surface area contributed by atoms with Gasteiger partial charge in [0.25, 0.3) is 0 Å². The van der Waals surface area contributed by atoms with Gasteiger partial charge in [-0.3, -0.25) is 4.90 Å². The molecule has 1 aliphatic heterocycles. The molecule has 6 heteroatoms. The zero-order valence-electron chi connectivity index (χ0n) is 10.7.